The predicted molar refractivity (Wildman–Crippen MR) is 74.2 cm³/mol. The van der Waals surface area contributed by atoms with E-state index in [0.717, 1.165) is 15.4 Å². The highest BCUT2D eigenvalue weighted by molar-refractivity contribution is 9.10. The number of benzene rings is 1. The lowest BCUT2D eigenvalue weighted by molar-refractivity contribution is 0.134. The van der Waals surface area contributed by atoms with E-state index < -0.39 is 0 Å². The van der Waals surface area contributed by atoms with Crippen molar-refractivity contribution in [2.75, 3.05) is 5.73 Å². The fourth-order valence-corrected chi connectivity index (χ4v) is 1.94. The van der Waals surface area contributed by atoms with Gasteiger partial charge in [0.15, 0.2) is 5.75 Å². The number of pyridine rings is 1. The van der Waals surface area contributed by atoms with Crippen molar-refractivity contribution in [3.05, 3.63) is 28.9 Å². The quantitative estimate of drug-likeness (QED) is 0.871. The average molecular weight is 295 g/mol. The van der Waals surface area contributed by atoms with E-state index in [0.29, 0.717) is 11.4 Å². The van der Waals surface area contributed by atoms with Crippen molar-refractivity contribution in [1.82, 2.24) is 4.98 Å². The Morgan fingerprint density at radius 1 is 1.29 bits per heavy atom. The van der Waals surface area contributed by atoms with Gasteiger partial charge >= 0.3 is 0 Å². The fraction of sp³-hybridized carbons (Fsp3) is 0.308. The number of rotatable bonds is 1. The van der Waals surface area contributed by atoms with E-state index in [-0.39, 0.29) is 5.60 Å². The Labute approximate surface area is 109 Å². The van der Waals surface area contributed by atoms with Crippen LogP contribution in [0.25, 0.3) is 10.9 Å². The molecule has 1 heterocycles. The Balaban J connectivity index is 2.66. The zero-order valence-electron chi connectivity index (χ0n) is 10.1. The molecule has 0 atom stereocenters. The van der Waals surface area contributed by atoms with Gasteiger partial charge in [-0.2, -0.15) is 0 Å². The second kappa shape index (κ2) is 4.18. The van der Waals surface area contributed by atoms with E-state index in [4.69, 9.17) is 10.5 Å². The molecule has 0 radical (unpaired) electrons. The zero-order valence-corrected chi connectivity index (χ0v) is 11.7. The first-order chi connectivity index (χ1) is 7.87. The molecule has 0 bridgehead atoms. The highest BCUT2D eigenvalue weighted by Crippen LogP contribution is 2.34. The van der Waals surface area contributed by atoms with Crippen LogP contribution in [0.1, 0.15) is 20.8 Å². The van der Waals surface area contributed by atoms with Gasteiger partial charge in [-0.15, -0.1) is 0 Å². The molecule has 0 amide bonds. The maximum absolute atomic E-state index is 5.94. The summed E-state index contributed by atoms with van der Waals surface area (Å²) >= 11 is 3.45. The van der Waals surface area contributed by atoms with Gasteiger partial charge in [0.25, 0.3) is 0 Å². The summed E-state index contributed by atoms with van der Waals surface area (Å²) < 4.78 is 6.90. The van der Waals surface area contributed by atoms with Crippen molar-refractivity contribution in [3.63, 3.8) is 0 Å². The molecular formula is C13H15BrN2O. The maximum Gasteiger partial charge on any atom is 0.153 e. The van der Waals surface area contributed by atoms with E-state index in [1.165, 1.54) is 0 Å². The van der Waals surface area contributed by atoms with Gasteiger partial charge in [-0.05, 0) is 39.0 Å². The molecule has 3 nitrogen and oxygen atoms in total. The molecule has 4 heteroatoms. The standard InChI is InChI=1S/C13H15BrN2O/c1-13(2,3)17-12-9-6-8(14)4-5-11(9)16-7-10(12)15/h4-7H,15H2,1-3H3. The third kappa shape index (κ3) is 2.69. The Kier molecular flexibility index (Phi) is 3.00. The minimum atomic E-state index is -0.287. The van der Waals surface area contributed by atoms with E-state index >= 15 is 0 Å². The number of nitrogen functional groups attached to an aromatic ring is 1. The third-order valence-corrected chi connectivity index (χ3v) is 2.71. The number of nitrogens with two attached hydrogens (primary N) is 1. The summed E-state index contributed by atoms with van der Waals surface area (Å²) in [7, 11) is 0. The number of anilines is 1. The molecule has 0 fully saturated rings. The summed E-state index contributed by atoms with van der Waals surface area (Å²) in [6.45, 7) is 5.99. The van der Waals surface area contributed by atoms with E-state index in [9.17, 15) is 0 Å². The molecule has 0 spiro atoms. The normalized spacial score (nSPS) is 11.8. The lowest BCUT2D eigenvalue weighted by Crippen LogP contribution is -2.23. The molecule has 0 saturated carbocycles. The molecule has 90 valence electrons. The maximum atomic E-state index is 5.94. The van der Waals surface area contributed by atoms with Crippen LogP contribution in [-0.2, 0) is 0 Å². The fourth-order valence-electron chi connectivity index (χ4n) is 1.58. The number of hydrogen-bond acceptors (Lipinski definition) is 3. The minimum absolute atomic E-state index is 0.287. The monoisotopic (exact) mass is 294 g/mol. The third-order valence-electron chi connectivity index (χ3n) is 2.22. The van der Waals surface area contributed by atoms with Crippen LogP contribution in [0.4, 0.5) is 5.69 Å². The van der Waals surface area contributed by atoms with Gasteiger partial charge < -0.3 is 10.5 Å². The molecule has 0 aliphatic heterocycles. The first-order valence-electron chi connectivity index (χ1n) is 5.39. The van der Waals surface area contributed by atoms with Gasteiger partial charge in [0.1, 0.15) is 5.60 Å². The van der Waals surface area contributed by atoms with Gasteiger partial charge in [-0.25, -0.2) is 0 Å². The molecule has 17 heavy (non-hydrogen) atoms. The first-order valence-corrected chi connectivity index (χ1v) is 6.19. The van der Waals surface area contributed by atoms with Gasteiger partial charge in [-0.3, -0.25) is 4.98 Å². The van der Waals surface area contributed by atoms with Gasteiger partial charge in [0.05, 0.1) is 17.4 Å². The average Bonchev–Trinajstić information content (AvgIpc) is 2.21. The minimum Gasteiger partial charge on any atom is -0.485 e. The number of halogens is 1. The van der Waals surface area contributed by atoms with Crippen molar-refractivity contribution in [1.29, 1.82) is 0 Å². The summed E-state index contributed by atoms with van der Waals surface area (Å²) in [5, 5.41) is 0.925. The molecule has 1 aromatic carbocycles. The molecule has 2 aromatic rings. The SMILES string of the molecule is CC(C)(C)Oc1c(N)cnc2ccc(Br)cc12. The molecule has 0 aliphatic rings. The molecule has 1 aromatic heterocycles. The second-order valence-corrected chi connectivity index (χ2v) is 5.83. The largest absolute Gasteiger partial charge is 0.485 e. The van der Waals surface area contributed by atoms with E-state index in [2.05, 4.69) is 20.9 Å². The molecule has 0 saturated heterocycles. The van der Waals surface area contributed by atoms with Crippen molar-refractivity contribution in [2.24, 2.45) is 0 Å². The lowest BCUT2D eigenvalue weighted by Gasteiger charge is -2.23. The van der Waals surface area contributed by atoms with Crippen molar-refractivity contribution >= 4 is 32.5 Å². The number of nitrogens with zero attached hydrogens (tertiary/aromatic N) is 1. The van der Waals surface area contributed by atoms with Crippen LogP contribution in [0.2, 0.25) is 0 Å². The van der Waals surface area contributed by atoms with Crippen LogP contribution in [-0.4, -0.2) is 10.6 Å². The van der Waals surface area contributed by atoms with Crippen molar-refractivity contribution in [2.45, 2.75) is 26.4 Å². The van der Waals surface area contributed by atoms with Gasteiger partial charge in [-0.1, -0.05) is 15.9 Å². The number of ether oxygens (including phenoxy) is 1. The van der Waals surface area contributed by atoms with E-state index in [1.54, 1.807) is 6.20 Å². The predicted octanol–water partition coefficient (Wildman–Crippen LogP) is 3.76. The Hall–Kier alpha value is -1.29. The number of fused-ring (bicyclic) bond motifs is 1. The van der Waals surface area contributed by atoms with Crippen LogP contribution in [0.3, 0.4) is 0 Å². The van der Waals surface area contributed by atoms with Crippen LogP contribution in [0.15, 0.2) is 28.9 Å². The van der Waals surface area contributed by atoms with Gasteiger partial charge in [0, 0.05) is 9.86 Å². The summed E-state index contributed by atoms with van der Waals surface area (Å²) in [5.74, 6) is 0.698. The van der Waals surface area contributed by atoms with Crippen LogP contribution >= 0.6 is 15.9 Å². The Bertz CT molecular complexity index is 556. The summed E-state index contributed by atoms with van der Waals surface area (Å²) in [6.07, 6.45) is 1.64. The number of aromatic nitrogens is 1. The smallest absolute Gasteiger partial charge is 0.153 e. The highest BCUT2D eigenvalue weighted by Gasteiger charge is 2.17. The lowest BCUT2D eigenvalue weighted by atomic mass is 10.1. The highest BCUT2D eigenvalue weighted by atomic mass is 79.9. The molecule has 2 N–H and O–H groups in total. The second-order valence-electron chi connectivity index (χ2n) is 4.92. The van der Waals surface area contributed by atoms with Crippen molar-refractivity contribution < 1.29 is 4.74 Å². The molecule has 2 rings (SSSR count). The van der Waals surface area contributed by atoms with Crippen LogP contribution < -0.4 is 10.5 Å². The number of hydrogen-bond donors (Lipinski definition) is 1. The van der Waals surface area contributed by atoms with Gasteiger partial charge in [0.2, 0.25) is 0 Å². The molecule has 0 aliphatic carbocycles. The molecular weight excluding hydrogens is 280 g/mol. The topological polar surface area (TPSA) is 48.1 Å². The zero-order chi connectivity index (χ0) is 12.6. The summed E-state index contributed by atoms with van der Waals surface area (Å²) in [4.78, 5) is 4.29. The summed E-state index contributed by atoms with van der Waals surface area (Å²) in [6, 6.07) is 5.86. The van der Waals surface area contributed by atoms with Crippen molar-refractivity contribution in [3.8, 4) is 5.75 Å². The summed E-state index contributed by atoms with van der Waals surface area (Å²) in [5.41, 5.74) is 7.09. The Morgan fingerprint density at radius 2 is 2.00 bits per heavy atom. The Morgan fingerprint density at radius 3 is 2.65 bits per heavy atom. The molecule has 0 unspecified atom stereocenters. The van der Waals surface area contributed by atoms with Crippen LogP contribution in [0.5, 0.6) is 5.75 Å². The first kappa shape index (κ1) is 12.2. The van der Waals surface area contributed by atoms with Crippen LogP contribution in [0, 0.1) is 0 Å². The van der Waals surface area contributed by atoms with E-state index in [1.807, 2.05) is 39.0 Å².